The highest BCUT2D eigenvalue weighted by atomic mass is 16.5. The van der Waals surface area contributed by atoms with Crippen molar-refractivity contribution in [2.24, 2.45) is 11.1 Å². The van der Waals surface area contributed by atoms with Crippen molar-refractivity contribution in [2.75, 3.05) is 31.6 Å². The summed E-state index contributed by atoms with van der Waals surface area (Å²) in [5.41, 5.74) is 9.73. The minimum atomic E-state index is 0.152. The zero-order valence-corrected chi connectivity index (χ0v) is 10.0. The van der Waals surface area contributed by atoms with Gasteiger partial charge in [-0.3, -0.25) is 0 Å². The van der Waals surface area contributed by atoms with Crippen LogP contribution in [0, 0.1) is 19.3 Å². The van der Waals surface area contributed by atoms with E-state index in [1.165, 1.54) is 16.8 Å². The summed E-state index contributed by atoms with van der Waals surface area (Å²) in [6.45, 7) is 7.39. The van der Waals surface area contributed by atoms with Crippen LogP contribution in [0.15, 0.2) is 18.2 Å². The molecule has 1 aliphatic rings. The summed E-state index contributed by atoms with van der Waals surface area (Å²) < 4.78 is 5.24. The molecule has 1 aromatic rings. The molecule has 0 amide bonds. The Labute approximate surface area is 97.0 Å². The lowest BCUT2D eigenvalue weighted by atomic mass is 9.86. The van der Waals surface area contributed by atoms with E-state index in [1.54, 1.807) is 0 Å². The summed E-state index contributed by atoms with van der Waals surface area (Å²) >= 11 is 0. The number of hydrogen-bond donors (Lipinski definition) is 2. The molecule has 3 N–H and O–H groups in total. The first-order chi connectivity index (χ1) is 7.65. The van der Waals surface area contributed by atoms with Crippen LogP contribution in [0.25, 0.3) is 0 Å². The fraction of sp³-hybridized carbons (Fsp3) is 0.538. The molecule has 0 radical (unpaired) electrons. The number of nitrogens with one attached hydrogen (secondary N) is 1. The van der Waals surface area contributed by atoms with Crippen LogP contribution in [-0.2, 0) is 4.74 Å². The van der Waals surface area contributed by atoms with Crippen LogP contribution in [0.1, 0.15) is 11.1 Å². The second-order valence-electron chi connectivity index (χ2n) is 4.85. The van der Waals surface area contributed by atoms with Crippen molar-refractivity contribution in [1.82, 2.24) is 0 Å². The van der Waals surface area contributed by atoms with Gasteiger partial charge in [0.15, 0.2) is 0 Å². The van der Waals surface area contributed by atoms with E-state index in [4.69, 9.17) is 10.5 Å². The third-order valence-corrected chi connectivity index (χ3v) is 3.42. The number of hydrogen-bond acceptors (Lipinski definition) is 3. The molecule has 0 unspecified atom stereocenters. The predicted octanol–water partition coefficient (Wildman–Crippen LogP) is 1.69. The molecule has 16 heavy (non-hydrogen) atoms. The second kappa shape index (κ2) is 4.44. The van der Waals surface area contributed by atoms with Crippen LogP contribution in [0.5, 0.6) is 0 Å². The zero-order chi connectivity index (χ0) is 11.6. The molecule has 1 heterocycles. The summed E-state index contributed by atoms with van der Waals surface area (Å²) in [5, 5.41) is 3.45. The summed E-state index contributed by atoms with van der Waals surface area (Å²) in [7, 11) is 0. The highest BCUT2D eigenvalue weighted by molar-refractivity contribution is 5.48. The molecule has 2 rings (SSSR count). The minimum absolute atomic E-state index is 0.152. The summed E-state index contributed by atoms with van der Waals surface area (Å²) in [4.78, 5) is 0. The summed E-state index contributed by atoms with van der Waals surface area (Å²) in [6, 6.07) is 6.44. The topological polar surface area (TPSA) is 47.3 Å². The Morgan fingerprint density at radius 3 is 2.56 bits per heavy atom. The standard InChI is InChI=1S/C13H20N2O/c1-10-3-4-12(5-11(10)2)15-7-13(6-14)8-16-9-13/h3-5,15H,6-9,14H2,1-2H3. The van der Waals surface area contributed by atoms with Crippen molar-refractivity contribution < 1.29 is 4.74 Å². The van der Waals surface area contributed by atoms with E-state index >= 15 is 0 Å². The lowest BCUT2D eigenvalue weighted by Crippen LogP contribution is -2.52. The monoisotopic (exact) mass is 220 g/mol. The molecule has 1 saturated heterocycles. The molecule has 0 bridgehead atoms. The van der Waals surface area contributed by atoms with Gasteiger partial charge in [0, 0.05) is 24.2 Å². The fourth-order valence-electron chi connectivity index (χ4n) is 1.82. The molecule has 1 fully saturated rings. The Bertz CT molecular complexity index is 367. The van der Waals surface area contributed by atoms with Crippen molar-refractivity contribution in [3.63, 3.8) is 0 Å². The largest absolute Gasteiger partial charge is 0.384 e. The maximum atomic E-state index is 5.77. The Balaban J connectivity index is 1.96. The number of aryl methyl sites for hydroxylation is 2. The molecule has 0 aromatic heterocycles. The van der Waals surface area contributed by atoms with Crippen molar-refractivity contribution in [1.29, 1.82) is 0 Å². The van der Waals surface area contributed by atoms with Gasteiger partial charge in [-0.15, -0.1) is 0 Å². The smallest absolute Gasteiger partial charge is 0.0574 e. The van der Waals surface area contributed by atoms with Gasteiger partial charge in [0.1, 0.15) is 0 Å². The van der Waals surface area contributed by atoms with Gasteiger partial charge in [-0.05, 0) is 37.1 Å². The number of nitrogens with two attached hydrogens (primary N) is 1. The van der Waals surface area contributed by atoms with E-state index in [2.05, 4.69) is 37.4 Å². The molecule has 1 aromatic carbocycles. The fourth-order valence-corrected chi connectivity index (χ4v) is 1.82. The lowest BCUT2D eigenvalue weighted by Gasteiger charge is -2.40. The second-order valence-corrected chi connectivity index (χ2v) is 4.85. The van der Waals surface area contributed by atoms with E-state index in [0.29, 0.717) is 6.54 Å². The average molecular weight is 220 g/mol. The summed E-state index contributed by atoms with van der Waals surface area (Å²) in [5.74, 6) is 0. The number of rotatable bonds is 4. The Morgan fingerprint density at radius 1 is 1.31 bits per heavy atom. The van der Waals surface area contributed by atoms with Crippen LogP contribution < -0.4 is 11.1 Å². The minimum Gasteiger partial charge on any atom is -0.384 e. The van der Waals surface area contributed by atoms with Gasteiger partial charge >= 0.3 is 0 Å². The first-order valence-electron chi connectivity index (χ1n) is 5.74. The molecule has 0 aliphatic carbocycles. The molecule has 0 spiro atoms. The molecule has 1 aliphatic heterocycles. The number of anilines is 1. The first-order valence-corrected chi connectivity index (χ1v) is 5.74. The highest BCUT2D eigenvalue weighted by Crippen LogP contribution is 2.26. The van der Waals surface area contributed by atoms with Gasteiger partial charge < -0.3 is 15.8 Å². The van der Waals surface area contributed by atoms with Crippen molar-refractivity contribution >= 4 is 5.69 Å². The highest BCUT2D eigenvalue weighted by Gasteiger charge is 2.36. The SMILES string of the molecule is Cc1ccc(NCC2(CN)COC2)cc1C. The van der Waals surface area contributed by atoms with Crippen LogP contribution in [0.4, 0.5) is 5.69 Å². The van der Waals surface area contributed by atoms with E-state index in [1.807, 2.05) is 0 Å². The molecular formula is C13H20N2O. The van der Waals surface area contributed by atoms with Crippen LogP contribution in [0.2, 0.25) is 0 Å². The van der Waals surface area contributed by atoms with Gasteiger partial charge in [0.25, 0.3) is 0 Å². The molecule has 0 saturated carbocycles. The van der Waals surface area contributed by atoms with Crippen LogP contribution in [0.3, 0.4) is 0 Å². The normalized spacial score (nSPS) is 17.9. The van der Waals surface area contributed by atoms with Crippen molar-refractivity contribution in [2.45, 2.75) is 13.8 Å². The van der Waals surface area contributed by atoms with Crippen LogP contribution >= 0.6 is 0 Å². The Kier molecular flexibility index (Phi) is 3.17. The zero-order valence-electron chi connectivity index (χ0n) is 10.0. The van der Waals surface area contributed by atoms with Gasteiger partial charge in [-0.2, -0.15) is 0 Å². The van der Waals surface area contributed by atoms with Gasteiger partial charge in [-0.1, -0.05) is 6.07 Å². The first kappa shape index (κ1) is 11.4. The number of ether oxygens (including phenoxy) is 1. The molecule has 3 nitrogen and oxygen atoms in total. The van der Waals surface area contributed by atoms with Crippen molar-refractivity contribution in [3.8, 4) is 0 Å². The maximum absolute atomic E-state index is 5.77. The maximum Gasteiger partial charge on any atom is 0.0574 e. The van der Waals surface area contributed by atoms with Gasteiger partial charge in [-0.25, -0.2) is 0 Å². The van der Waals surface area contributed by atoms with Gasteiger partial charge in [0.05, 0.1) is 13.2 Å². The van der Waals surface area contributed by atoms with E-state index in [-0.39, 0.29) is 5.41 Å². The third kappa shape index (κ3) is 2.20. The van der Waals surface area contributed by atoms with E-state index in [9.17, 15) is 0 Å². The molecule has 0 atom stereocenters. The van der Waals surface area contributed by atoms with Crippen LogP contribution in [-0.4, -0.2) is 26.3 Å². The molecular weight excluding hydrogens is 200 g/mol. The van der Waals surface area contributed by atoms with Gasteiger partial charge in [0.2, 0.25) is 0 Å². The average Bonchev–Trinajstić information content (AvgIpc) is 2.22. The summed E-state index contributed by atoms with van der Waals surface area (Å²) in [6.07, 6.45) is 0. The predicted molar refractivity (Wildman–Crippen MR) is 66.7 cm³/mol. The van der Waals surface area contributed by atoms with E-state index < -0.39 is 0 Å². The lowest BCUT2D eigenvalue weighted by molar-refractivity contribution is -0.0979. The Morgan fingerprint density at radius 2 is 2.06 bits per heavy atom. The Hall–Kier alpha value is -1.06. The number of benzene rings is 1. The molecule has 3 heteroatoms. The van der Waals surface area contributed by atoms with Crippen molar-refractivity contribution in [3.05, 3.63) is 29.3 Å². The quantitative estimate of drug-likeness (QED) is 0.811. The molecule has 88 valence electrons. The van der Waals surface area contributed by atoms with E-state index in [0.717, 1.165) is 19.8 Å². The third-order valence-electron chi connectivity index (χ3n) is 3.42.